The minimum absolute atomic E-state index is 0. The first kappa shape index (κ1) is 27.8. The molecule has 11 heteroatoms. The maximum absolute atomic E-state index is 13.7. The van der Waals surface area contributed by atoms with Crippen LogP contribution in [0.2, 0.25) is 0 Å². The van der Waals surface area contributed by atoms with Gasteiger partial charge in [-0.25, -0.2) is 4.98 Å². The number of benzene rings is 2. The summed E-state index contributed by atoms with van der Waals surface area (Å²) in [7, 11) is 3.98. The lowest BCUT2D eigenvalue weighted by Gasteiger charge is -2.28. The van der Waals surface area contributed by atoms with Crippen LogP contribution in [0.15, 0.2) is 30.3 Å². The van der Waals surface area contributed by atoms with Crippen LogP contribution in [0.4, 0.5) is 16.5 Å². The Morgan fingerprint density at radius 2 is 1.89 bits per heavy atom. The van der Waals surface area contributed by atoms with Crippen molar-refractivity contribution in [2.45, 2.75) is 20.3 Å². The number of amides is 1. The molecule has 0 N–H and O–H groups in total. The molecule has 1 aliphatic heterocycles. The third kappa shape index (κ3) is 6.12. The van der Waals surface area contributed by atoms with Gasteiger partial charge in [-0.05, 0) is 70.2 Å². The summed E-state index contributed by atoms with van der Waals surface area (Å²) in [6.07, 6.45) is 0.751. The first-order valence-corrected chi connectivity index (χ1v) is 12.5. The van der Waals surface area contributed by atoms with Gasteiger partial charge in [-0.15, -0.1) is 12.4 Å². The molecule has 1 amide bonds. The van der Waals surface area contributed by atoms with Crippen molar-refractivity contribution in [1.29, 1.82) is 0 Å². The second-order valence-corrected chi connectivity index (χ2v) is 10.1. The molecule has 3 aromatic rings. The van der Waals surface area contributed by atoms with Crippen molar-refractivity contribution in [3.05, 3.63) is 57.1 Å². The van der Waals surface area contributed by atoms with Gasteiger partial charge in [0.05, 0.1) is 28.4 Å². The number of hydrogen-bond acceptors (Lipinski definition) is 8. The molecule has 1 aliphatic rings. The van der Waals surface area contributed by atoms with E-state index in [1.165, 1.54) is 17.4 Å². The van der Waals surface area contributed by atoms with Crippen LogP contribution in [0.1, 0.15) is 27.9 Å². The van der Waals surface area contributed by atoms with Crippen molar-refractivity contribution in [3.8, 4) is 0 Å². The molecule has 194 valence electrons. The predicted molar refractivity (Wildman–Crippen MR) is 147 cm³/mol. The molecule has 0 unspecified atom stereocenters. The van der Waals surface area contributed by atoms with Crippen molar-refractivity contribution >= 4 is 56.4 Å². The third-order valence-electron chi connectivity index (χ3n) is 6.04. The smallest absolute Gasteiger partial charge is 0.293 e. The summed E-state index contributed by atoms with van der Waals surface area (Å²) in [5.74, 6) is -0.284. The minimum atomic E-state index is -0.415. The van der Waals surface area contributed by atoms with E-state index >= 15 is 0 Å². The van der Waals surface area contributed by atoms with Crippen LogP contribution in [0.3, 0.4) is 0 Å². The molecule has 1 aromatic heterocycles. The van der Waals surface area contributed by atoms with E-state index < -0.39 is 4.92 Å². The largest absolute Gasteiger partial charge is 0.378 e. The lowest BCUT2D eigenvalue weighted by Crippen LogP contribution is -2.37. The summed E-state index contributed by atoms with van der Waals surface area (Å²) in [4.78, 5) is 35.7. The lowest BCUT2D eigenvalue weighted by molar-refractivity contribution is -0.384. The van der Waals surface area contributed by atoms with Gasteiger partial charge in [0.1, 0.15) is 5.69 Å². The number of thiazole rings is 1. The number of halogens is 1. The number of ether oxygens (including phenoxy) is 1. The van der Waals surface area contributed by atoms with Crippen molar-refractivity contribution in [3.63, 3.8) is 0 Å². The number of nitrogens with zero attached hydrogens (tertiary/aromatic N) is 5. The quantitative estimate of drug-likeness (QED) is 0.306. The molecule has 2 aromatic carbocycles. The molecule has 0 bridgehead atoms. The second kappa shape index (κ2) is 12.0. The number of aromatic nitrogens is 1. The van der Waals surface area contributed by atoms with Crippen LogP contribution in [-0.4, -0.2) is 74.2 Å². The molecule has 0 spiro atoms. The zero-order valence-corrected chi connectivity index (χ0v) is 22.7. The van der Waals surface area contributed by atoms with Crippen LogP contribution in [-0.2, 0) is 4.74 Å². The number of aryl methyl sites for hydroxylation is 2. The predicted octanol–water partition coefficient (Wildman–Crippen LogP) is 4.68. The Hall–Kier alpha value is -2.79. The number of morpholine rings is 1. The molecule has 9 nitrogen and oxygen atoms in total. The number of fused-ring (bicyclic) bond motifs is 1. The number of hydrogen-bond donors (Lipinski definition) is 0. The number of rotatable bonds is 8. The van der Waals surface area contributed by atoms with Crippen molar-refractivity contribution in [2.75, 3.05) is 63.3 Å². The number of carbonyl (C=O) groups excluding carboxylic acids is 1. The maximum Gasteiger partial charge on any atom is 0.293 e. The van der Waals surface area contributed by atoms with Crippen molar-refractivity contribution in [2.24, 2.45) is 0 Å². The third-order valence-corrected chi connectivity index (χ3v) is 7.27. The van der Waals surface area contributed by atoms with Gasteiger partial charge < -0.3 is 14.5 Å². The Bertz CT molecular complexity index is 1240. The van der Waals surface area contributed by atoms with Crippen LogP contribution in [0.5, 0.6) is 0 Å². The van der Waals surface area contributed by atoms with E-state index in [-0.39, 0.29) is 29.6 Å². The Morgan fingerprint density at radius 1 is 1.17 bits per heavy atom. The first-order chi connectivity index (χ1) is 16.7. The molecule has 1 fully saturated rings. The molecule has 2 heterocycles. The van der Waals surface area contributed by atoms with E-state index in [0.717, 1.165) is 34.3 Å². The van der Waals surface area contributed by atoms with E-state index in [2.05, 4.69) is 11.0 Å². The molecular formula is C25H32ClN5O4S. The SMILES string of the molecule is Cc1cc(C)c2sc(N(CCCN(C)C)C(=O)c3ccc(N4CCOCC4)c([N+](=O)[O-])c3)nc2c1.Cl. The average molecular weight is 534 g/mol. The van der Waals surface area contributed by atoms with Gasteiger partial charge in [-0.1, -0.05) is 17.4 Å². The van der Waals surface area contributed by atoms with Gasteiger partial charge in [0.2, 0.25) is 0 Å². The summed E-state index contributed by atoms with van der Waals surface area (Å²) in [5, 5.41) is 12.5. The molecule has 36 heavy (non-hydrogen) atoms. The Labute approximate surface area is 221 Å². The van der Waals surface area contributed by atoms with Crippen LogP contribution in [0.25, 0.3) is 10.2 Å². The first-order valence-electron chi connectivity index (χ1n) is 11.7. The van der Waals surface area contributed by atoms with Crippen molar-refractivity contribution < 1.29 is 14.5 Å². The Balaban J connectivity index is 0.00000361. The van der Waals surface area contributed by atoms with Crippen LogP contribution < -0.4 is 9.80 Å². The zero-order chi connectivity index (χ0) is 25.1. The van der Waals surface area contributed by atoms with E-state index in [1.807, 2.05) is 38.9 Å². The molecule has 0 saturated carbocycles. The monoisotopic (exact) mass is 533 g/mol. The summed E-state index contributed by atoms with van der Waals surface area (Å²) < 4.78 is 6.42. The van der Waals surface area contributed by atoms with E-state index in [9.17, 15) is 14.9 Å². The van der Waals surface area contributed by atoms with Gasteiger partial charge in [-0.3, -0.25) is 19.8 Å². The number of nitro benzene ring substituents is 1. The van der Waals surface area contributed by atoms with E-state index in [4.69, 9.17) is 9.72 Å². The van der Waals surface area contributed by atoms with E-state index in [1.54, 1.807) is 17.0 Å². The highest BCUT2D eigenvalue weighted by molar-refractivity contribution is 7.22. The highest BCUT2D eigenvalue weighted by Gasteiger charge is 2.27. The number of nitro groups is 1. The van der Waals surface area contributed by atoms with Gasteiger partial charge >= 0.3 is 0 Å². The molecule has 0 aliphatic carbocycles. The summed E-state index contributed by atoms with van der Waals surface area (Å²) in [5.41, 5.74) is 3.83. The fraction of sp³-hybridized carbons (Fsp3) is 0.440. The molecular weight excluding hydrogens is 502 g/mol. The van der Waals surface area contributed by atoms with Gasteiger partial charge in [0.25, 0.3) is 11.6 Å². The van der Waals surface area contributed by atoms with E-state index in [0.29, 0.717) is 43.7 Å². The molecule has 0 atom stereocenters. The summed E-state index contributed by atoms with van der Waals surface area (Å²) in [6, 6.07) is 8.89. The zero-order valence-electron chi connectivity index (χ0n) is 21.0. The molecule has 1 saturated heterocycles. The fourth-order valence-electron chi connectivity index (χ4n) is 4.34. The Morgan fingerprint density at radius 3 is 2.56 bits per heavy atom. The number of carbonyl (C=O) groups is 1. The van der Waals surface area contributed by atoms with Gasteiger partial charge in [0.15, 0.2) is 5.13 Å². The molecule has 0 radical (unpaired) electrons. The lowest BCUT2D eigenvalue weighted by atomic mass is 10.1. The standard InChI is InChI=1S/C25H31N5O4S.ClH/c1-17-14-18(2)23-20(15-17)26-25(35-23)29(9-5-8-27(3)4)24(31)19-6-7-21(22(16-19)30(32)33)28-10-12-34-13-11-28;/h6-7,14-16H,5,8-13H2,1-4H3;1H. The minimum Gasteiger partial charge on any atom is -0.378 e. The highest BCUT2D eigenvalue weighted by atomic mass is 35.5. The van der Waals surface area contributed by atoms with Gasteiger partial charge in [-0.2, -0.15) is 0 Å². The Kier molecular flexibility index (Phi) is 9.24. The normalized spacial score (nSPS) is 13.6. The second-order valence-electron chi connectivity index (χ2n) is 9.10. The van der Waals surface area contributed by atoms with Crippen LogP contribution in [0, 0.1) is 24.0 Å². The highest BCUT2D eigenvalue weighted by Crippen LogP contribution is 2.34. The van der Waals surface area contributed by atoms with Crippen molar-refractivity contribution in [1.82, 2.24) is 9.88 Å². The maximum atomic E-state index is 13.7. The molecule has 4 rings (SSSR count). The van der Waals surface area contributed by atoms with Gasteiger partial charge in [0, 0.05) is 31.3 Å². The van der Waals surface area contributed by atoms with Crippen LogP contribution >= 0.6 is 23.7 Å². The topological polar surface area (TPSA) is 92.0 Å². The summed E-state index contributed by atoms with van der Waals surface area (Å²) in [6.45, 7) is 7.55. The number of anilines is 2. The average Bonchev–Trinajstić information content (AvgIpc) is 3.25. The summed E-state index contributed by atoms with van der Waals surface area (Å²) >= 11 is 1.48. The fourth-order valence-corrected chi connectivity index (χ4v) is 5.38.